The minimum Gasteiger partial charge on any atom is -0.478 e. The number of hydrogen-bond donors (Lipinski definition) is 4. The molecule has 49 heavy (non-hydrogen) atoms. The van der Waals surface area contributed by atoms with Crippen LogP contribution in [0.2, 0.25) is 0 Å². The fraction of sp³-hybridized carbons (Fsp3) is 0.267. The lowest BCUT2D eigenvalue weighted by Crippen LogP contribution is -2.14. The van der Waals surface area contributed by atoms with E-state index in [4.69, 9.17) is 20.4 Å². The molecule has 0 saturated carbocycles. The van der Waals surface area contributed by atoms with Crippen LogP contribution >= 0.6 is 0 Å². The number of carboxylic acids is 3. The number of hydrogen-bond acceptors (Lipinski definition) is 16. The number of carboxylic acid groups (broad SMARTS) is 3. The third-order valence-electron chi connectivity index (χ3n) is 3.84. The summed E-state index contributed by atoms with van der Waals surface area (Å²) in [6.45, 7) is 7.97. The monoisotopic (exact) mass is 698 g/mol. The van der Waals surface area contributed by atoms with Crippen molar-refractivity contribution in [2.75, 3.05) is 39.6 Å². The predicted molar refractivity (Wildman–Crippen MR) is 161 cm³/mol. The number of esters is 5. The van der Waals surface area contributed by atoms with Crippen LogP contribution in [-0.4, -0.2) is 119 Å². The highest BCUT2D eigenvalue weighted by Gasteiger charge is 2.06. The molecule has 0 aliphatic carbocycles. The Kier molecular flexibility index (Phi) is 27.7. The van der Waals surface area contributed by atoms with Gasteiger partial charge >= 0.3 is 47.8 Å². The van der Waals surface area contributed by atoms with Gasteiger partial charge in [0.15, 0.2) is 24.8 Å². The van der Waals surface area contributed by atoms with E-state index in [1.807, 2.05) is 0 Å². The standard InChI is InChI=1S/C15H16O9.C9H8O7.C6H10O3/c1-10(2)15(21)23-8-7-22-13(19)5-3-11(16)9-24-14(20)6-4-12(17)18;10-6(1-2-7(11)12)5-16-9(15)4-3-8(13)14;1-5(2)6(8)9-4-3-7/h3-6H,1,7-9H2,2H3,(H,17,18);1-4H,5H2,(H,11,12)(H,13,14);7H,1,3-4H2,2H3/b5-3+,6-4+;2-1+,4-3+;. The molecule has 4 N–H and O–H groups in total. The molecule has 19 heteroatoms. The van der Waals surface area contributed by atoms with Crippen molar-refractivity contribution in [1.82, 2.24) is 0 Å². The first-order chi connectivity index (χ1) is 22.8. The van der Waals surface area contributed by atoms with Crippen molar-refractivity contribution in [1.29, 1.82) is 0 Å². The topological polar surface area (TPSA) is 298 Å². The Hall–Kier alpha value is -6.50. The predicted octanol–water partition coefficient (Wildman–Crippen LogP) is -0.563. The largest absolute Gasteiger partial charge is 0.478 e. The average molecular weight is 699 g/mol. The van der Waals surface area contributed by atoms with E-state index in [1.165, 1.54) is 6.92 Å². The normalized spacial score (nSPS) is 10.1. The second-order valence-corrected chi connectivity index (χ2v) is 8.22. The number of carbonyl (C=O) groups is 10. The molecule has 0 aromatic carbocycles. The highest BCUT2D eigenvalue weighted by atomic mass is 16.6. The Morgan fingerprint density at radius 2 is 0.776 bits per heavy atom. The number of ketones is 2. The molecule has 0 heterocycles. The number of rotatable bonds is 19. The summed E-state index contributed by atoms with van der Waals surface area (Å²) in [5.74, 6) is -9.33. The van der Waals surface area contributed by atoms with Gasteiger partial charge in [-0.3, -0.25) is 9.59 Å². The van der Waals surface area contributed by atoms with E-state index in [-0.39, 0.29) is 32.0 Å². The van der Waals surface area contributed by atoms with Crippen LogP contribution in [0.1, 0.15) is 13.8 Å². The SMILES string of the molecule is C=C(C)C(=O)OCCO.C=C(C)C(=O)OCCOC(=O)/C=C/C(=O)COC(=O)/C=C/C(=O)O.O=C(O)/C=C/C(=O)COC(=O)/C=C/C(=O)O. The van der Waals surface area contributed by atoms with E-state index < -0.39 is 72.5 Å². The molecule has 0 aliphatic rings. The Bertz CT molecular complexity index is 1320. The zero-order chi connectivity index (χ0) is 38.4. The fourth-order valence-electron chi connectivity index (χ4n) is 1.79. The summed E-state index contributed by atoms with van der Waals surface area (Å²) in [4.78, 5) is 107. The van der Waals surface area contributed by atoms with Crippen LogP contribution in [-0.2, 0) is 71.6 Å². The summed E-state index contributed by atoms with van der Waals surface area (Å²) in [6, 6.07) is 0. The summed E-state index contributed by atoms with van der Waals surface area (Å²) in [5.41, 5.74) is 0.558. The number of aliphatic carboxylic acids is 3. The van der Waals surface area contributed by atoms with Crippen molar-refractivity contribution in [3.8, 4) is 0 Å². The van der Waals surface area contributed by atoms with Crippen molar-refractivity contribution < 1.29 is 92.1 Å². The number of ether oxygens (including phenoxy) is 5. The highest BCUT2D eigenvalue weighted by molar-refractivity contribution is 5.99. The van der Waals surface area contributed by atoms with Crippen LogP contribution in [0.4, 0.5) is 0 Å². The molecule has 0 atom stereocenters. The van der Waals surface area contributed by atoms with Crippen molar-refractivity contribution in [3.63, 3.8) is 0 Å². The third-order valence-corrected chi connectivity index (χ3v) is 3.84. The number of aliphatic hydroxyl groups excluding tert-OH is 1. The van der Waals surface area contributed by atoms with Crippen molar-refractivity contribution in [3.05, 3.63) is 72.9 Å². The van der Waals surface area contributed by atoms with Crippen molar-refractivity contribution in [2.24, 2.45) is 0 Å². The van der Waals surface area contributed by atoms with E-state index in [0.717, 1.165) is 18.2 Å². The minimum atomic E-state index is -1.34. The summed E-state index contributed by atoms with van der Waals surface area (Å²) >= 11 is 0. The number of aliphatic hydroxyl groups is 1. The van der Waals surface area contributed by atoms with E-state index in [0.29, 0.717) is 36.0 Å². The van der Waals surface area contributed by atoms with Gasteiger partial charge in [0.1, 0.15) is 19.8 Å². The summed E-state index contributed by atoms with van der Waals surface area (Å²) < 4.78 is 22.5. The molecular weight excluding hydrogens is 664 g/mol. The zero-order valence-corrected chi connectivity index (χ0v) is 26.2. The van der Waals surface area contributed by atoms with Crippen LogP contribution in [0.25, 0.3) is 0 Å². The molecule has 0 unspecified atom stereocenters. The van der Waals surface area contributed by atoms with Gasteiger partial charge in [-0.2, -0.15) is 0 Å². The first-order valence-corrected chi connectivity index (χ1v) is 13.0. The van der Waals surface area contributed by atoms with Gasteiger partial charge in [0.25, 0.3) is 0 Å². The molecule has 0 rings (SSSR count). The molecule has 0 fully saturated rings. The smallest absolute Gasteiger partial charge is 0.333 e. The maximum absolute atomic E-state index is 11.3. The molecule has 0 radical (unpaired) electrons. The lowest BCUT2D eigenvalue weighted by molar-refractivity contribution is -0.146. The van der Waals surface area contributed by atoms with Gasteiger partial charge in [-0.15, -0.1) is 0 Å². The molecule has 268 valence electrons. The maximum Gasteiger partial charge on any atom is 0.333 e. The van der Waals surface area contributed by atoms with Crippen LogP contribution < -0.4 is 0 Å². The van der Waals surface area contributed by atoms with Gasteiger partial charge in [-0.05, 0) is 26.0 Å². The summed E-state index contributed by atoms with van der Waals surface area (Å²) in [5, 5.41) is 32.8. The molecular formula is C30H34O19. The molecule has 0 aromatic heterocycles. The minimum absolute atomic E-state index is 0.0473. The van der Waals surface area contributed by atoms with Gasteiger partial charge in [0, 0.05) is 47.6 Å². The molecule has 0 aliphatic heterocycles. The Labute approximate surface area is 278 Å². The van der Waals surface area contributed by atoms with Gasteiger partial charge in [0.05, 0.1) is 6.61 Å². The van der Waals surface area contributed by atoms with Gasteiger partial charge in [-0.25, -0.2) is 38.4 Å². The van der Waals surface area contributed by atoms with E-state index in [9.17, 15) is 47.9 Å². The fourth-order valence-corrected chi connectivity index (χ4v) is 1.79. The molecule has 0 bridgehead atoms. The lowest BCUT2D eigenvalue weighted by Gasteiger charge is -2.04. The Morgan fingerprint density at radius 3 is 1.14 bits per heavy atom. The van der Waals surface area contributed by atoms with Crippen LogP contribution in [0, 0.1) is 0 Å². The first-order valence-electron chi connectivity index (χ1n) is 13.0. The van der Waals surface area contributed by atoms with Gasteiger partial charge < -0.3 is 44.1 Å². The van der Waals surface area contributed by atoms with E-state index in [1.54, 1.807) is 6.92 Å². The van der Waals surface area contributed by atoms with E-state index >= 15 is 0 Å². The lowest BCUT2D eigenvalue weighted by atomic mass is 10.3. The van der Waals surface area contributed by atoms with Crippen LogP contribution in [0.5, 0.6) is 0 Å². The van der Waals surface area contributed by atoms with Gasteiger partial charge in [0.2, 0.25) is 0 Å². The second-order valence-electron chi connectivity index (χ2n) is 8.22. The summed E-state index contributed by atoms with van der Waals surface area (Å²) in [6.07, 6.45) is 5.36. The number of carbonyl (C=O) groups excluding carboxylic acids is 7. The maximum atomic E-state index is 11.3. The first kappa shape index (κ1) is 46.9. The Morgan fingerprint density at radius 1 is 0.469 bits per heavy atom. The molecule has 0 aromatic rings. The molecule has 0 saturated heterocycles. The van der Waals surface area contributed by atoms with Crippen LogP contribution in [0.15, 0.2) is 72.9 Å². The summed E-state index contributed by atoms with van der Waals surface area (Å²) in [7, 11) is 0. The molecule has 0 amide bonds. The quantitative estimate of drug-likeness (QED) is 0.0568. The average Bonchev–Trinajstić information content (AvgIpc) is 3.03. The zero-order valence-electron chi connectivity index (χ0n) is 26.2. The van der Waals surface area contributed by atoms with E-state index in [2.05, 4.69) is 36.8 Å². The molecule has 19 nitrogen and oxygen atoms in total. The van der Waals surface area contributed by atoms with Gasteiger partial charge in [-0.1, -0.05) is 13.2 Å². The second kappa shape index (κ2) is 28.9. The Balaban J connectivity index is -0.000000724. The highest BCUT2D eigenvalue weighted by Crippen LogP contribution is 1.93. The van der Waals surface area contributed by atoms with Crippen molar-refractivity contribution in [2.45, 2.75) is 13.8 Å². The third kappa shape index (κ3) is 35.8. The molecule has 0 spiro atoms. The van der Waals surface area contributed by atoms with Crippen LogP contribution in [0.3, 0.4) is 0 Å². The van der Waals surface area contributed by atoms with Crippen molar-refractivity contribution >= 4 is 59.3 Å².